The van der Waals surface area contributed by atoms with E-state index in [2.05, 4.69) is 9.97 Å². The quantitative estimate of drug-likeness (QED) is 0.805. The molecule has 94 valence electrons. The molecule has 0 amide bonds. The molecule has 0 radical (unpaired) electrons. The van der Waals surface area contributed by atoms with E-state index in [0.717, 1.165) is 0 Å². The van der Waals surface area contributed by atoms with E-state index >= 15 is 0 Å². The first kappa shape index (κ1) is 12.9. The zero-order valence-corrected chi connectivity index (χ0v) is 11.0. The molecule has 0 N–H and O–H groups in total. The Bertz CT molecular complexity index is 455. The van der Waals surface area contributed by atoms with E-state index in [0.29, 0.717) is 15.8 Å². The number of hydrogen-bond donors (Lipinski definition) is 0. The predicted octanol–water partition coefficient (Wildman–Crippen LogP) is 3.59. The minimum atomic E-state index is -0.521. The van der Waals surface area contributed by atoms with Crippen LogP contribution in [0.1, 0.15) is 6.92 Å². The molecule has 18 heavy (non-hydrogen) atoms. The molecule has 0 bridgehead atoms. The lowest BCUT2D eigenvalue weighted by Gasteiger charge is -2.14. The van der Waals surface area contributed by atoms with Crippen LogP contribution < -0.4 is 9.47 Å². The molecule has 1 unspecified atom stereocenters. The topological polar surface area (TPSA) is 44.2 Å². The Labute approximate surface area is 114 Å². The van der Waals surface area contributed by atoms with Crippen molar-refractivity contribution in [2.24, 2.45) is 0 Å². The molecular formula is C12H10Cl2N2O2. The maximum atomic E-state index is 5.77. The maximum Gasteiger partial charge on any atom is 0.319 e. The second-order valence-corrected chi connectivity index (χ2v) is 4.31. The number of hydrogen-bond acceptors (Lipinski definition) is 4. The van der Waals surface area contributed by atoms with Crippen molar-refractivity contribution in [2.75, 3.05) is 0 Å². The number of ether oxygens (including phenoxy) is 2. The third kappa shape index (κ3) is 3.75. The highest BCUT2D eigenvalue weighted by Gasteiger charge is 2.07. The Morgan fingerprint density at radius 1 is 0.944 bits per heavy atom. The summed E-state index contributed by atoms with van der Waals surface area (Å²) in [5, 5.41) is 1.10. The molecule has 0 aliphatic rings. The number of benzene rings is 1. The smallest absolute Gasteiger partial charge is 0.319 e. The molecule has 0 fully saturated rings. The standard InChI is InChI=1S/C12H10Cl2N2O2/c1-8(17-11-4-2-9(13)3-5-11)18-12-15-6-10(14)7-16-12/h2-8H,1H3. The van der Waals surface area contributed by atoms with Crippen molar-refractivity contribution in [3.05, 3.63) is 46.7 Å². The first-order valence-electron chi connectivity index (χ1n) is 5.20. The summed E-state index contributed by atoms with van der Waals surface area (Å²) < 4.78 is 10.9. The normalized spacial score (nSPS) is 11.9. The Kier molecular flexibility index (Phi) is 4.23. The third-order valence-electron chi connectivity index (χ3n) is 1.98. The van der Waals surface area contributed by atoms with Crippen LogP contribution in [0.2, 0.25) is 10.0 Å². The van der Waals surface area contributed by atoms with Gasteiger partial charge in [-0.3, -0.25) is 0 Å². The van der Waals surface area contributed by atoms with E-state index in [4.69, 9.17) is 32.7 Å². The summed E-state index contributed by atoms with van der Waals surface area (Å²) in [6, 6.07) is 7.20. The van der Waals surface area contributed by atoms with Gasteiger partial charge in [-0.05, 0) is 24.3 Å². The van der Waals surface area contributed by atoms with Gasteiger partial charge in [0.15, 0.2) is 0 Å². The fraction of sp³-hybridized carbons (Fsp3) is 0.167. The molecule has 4 nitrogen and oxygen atoms in total. The molecule has 0 aliphatic heterocycles. The lowest BCUT2D eigenvalue weighted by molar-refractivity contribution is 0.0147. The van der Waals surface area contributed by atoms with Crippen LogP contribution in [-0.2, 0) is 0 Å². The molecule has 1 heterocycles. The van der Waals surface area contributed by atoms with Crippen LogP contribution in [0.25, 0.3) is 0 Å². The molecule has 2 aromatic rings. The first-order chi connectivity index (χ1) is 8.63. The predicted molar refractivity (Wildman–Crippen MR) is 69.2 cm³/mol. The number of rotatable bonds is 4. The van der Waals surface area contributed by atoms with Crippen molar-refractivity contribution in [1.82, 2.24) is 9.97 Å². The lowest BCUT2D eigenvalue weighted by Crippen LogP contribution is -2.20. The van der Waals surface area contributed by atoms with E-state index in [9.17, 15) is 0 Å². The minimum absolute atomic E-state index is 0.209. The fourth-order valence-corrected chi connectivity index (χ4v) is 1.46. The zero-order valence-electron chi connectivity index (χ0n) is 9.51. The van der Waals surface area contributed by atoms with Crippen LogP contribution in [0, 0.1) is 0 Å². The second kappa shape index (κ2) is 5.89. The second-order valence-electron chi connectivity index (χ2n) is 3.44. The van der Waals surface area contributed by atoms with Crippen molar-refractivity contribution in [1.29, 1.82) is 0 Å². The van der Waals surface area contributed by atoms with E-state index in [-0.39, 0.29) is 6.01 Å². The molecule has 0 saturated heterocycles. The number of aromatic nitrogens is 2. The average molecular weight is 285 g/mol. The van der Waals surface area contributed by atoms with Crippen molar-refractivity contribution in [2.45, 2.75) is 13.2 Å². The van der Waals surface area contributed by atoms with Gasteiger partial charge in [0.25, 0.3) is 0 Å². The van der Waals surface area contributed by atoms with Gasteiger partial charge in [0.2, 0.25) is 6.29 Å². The SMILES string of the molecule is CC(Oc1ccc(Cl)cc1)Oc1ncc(Cl)cn1. The summed E-state index contributed by atoms with van der Waals surface area (Å²) in [4.78, 5) is 7.82. The van der Waals surface area contributed by atoms with E-state index in [1.54, 1.807) is 31.2 Å². The highest BCUT2D eigenvalue weighted by Crippen LogP contribution is 2.17. The molecule has 1 aromatic heterocycles. The van der Waals surface area contributed by atoms with Crippen LogP contribution in [0.3, 0.4) is 0 Å². The van der Waals surface area contributed by atoms with Crippen molar-refractivity contribution in [3.63, 3.8) is 0 Å². The van der Waals surface area contributed by atoms with E-state index in [1.165, 1.54) is 12.4 Å². The van der Waals surface area contributed by atoms with Gasteiger partial charge in [-0.25, -0.2) is 9.97 Å². The van der Waals surface area contributed by atoms with Gasteiger partial charge in [-0.2, -0.15) is 0 Å². The largest absolute Gasteiger partial charge is 0.455 e. The maximum absolute atomic E-state index is 5.77. The number of halogens is 2. The molecule has 1 atom stereocenters. The summed E-state index contributed by atoms with van der Waals surface area (Å²) in [6.07, 6.45) is 2.39. The van der Waals surface area contributed by atoms with Crippen molar-refractivity contribution >= 4 is 23.2 Å². The lowest BCUT2D eigenvalue weighted by atomic mass is 10.3. The minimum Gasteiger partial charge on any atom is -0.455 e. The summed E-state index contributed by atoms with van der Waals surface area (Å²) in [6.45, 7) is 1.74. The van der Waals surface area contributed by atoms with Gasteiger partial charge in [0.05, 0.1) is 17.4 Å². The van der Waals surface area contributed by atoms with Gasteiger partial charge in [-0.1, -0.05) is 23.2 Å². The van der Waals surface area contributed by atoms with Gasteiger partial charge >= 0.3 is 6.01 Å². The Hall–Kier alpha value is -1.52. The number of nitrogens with zero attached hydrogens (tertiary/aromatic N) is 2. The highest BCUT2D eigenvalue weighted by atomic mass is 35.5. The van der Waals surface area contributed by atoms with E-state index < -0.39 is 6.29 Å². The molecule has 0 aliphatic carbocycles. The van der Waals surface area contributed by atoms with Crippen LogP contribution >= 0.6 is 23.2 Å². The Morgan fingerprint density at radius 2 is 1.56 bits per heavy atom. The monoisotopic (exact) mass is 284 g/mol. The molecule has 0 saturated carbocycles. The summed E-state index contributed by atoms with van der Waals surface area (Å²) in [5.74, 6) is 0.654. The van der Waals surface area contributed by atoms with Gasteiger partial charge in [0.1, 0.15) is 5.75 Å². The van der Waals surface area contributed by atoms with Crippen LogP contribution in [0.15, 0.2) is 36.7 Å². The zero-order chi connectivity index (χ0) is 13.0. The molecular weight excluding hydrogens is 275 g/mol. The molecule has 2 rings (SSSR count). The van der Waals surface area contributed by atoms with E-state index in [1.807, 2.05) is 0 Å². The van der Waals surface area contributed by atoms with Gasteiger partial charge in [0, 0.05) is 11.9 Å². The first-order valence-corrected chi connectivity index (χ1v) is 5.95. The van der Waals surface area contributed by atoms with Gasteiger partial charge < -0.3 is 9.47 Å². The Balaban J connectivity index is 1.94. The van der Waals surface area contributed by atoms with Crippen LogP contribution in [-0.4, -0.2) is 16.3 Å². The summed E-state index contributed by atoms with van der Waals surface area (Å²) >= 11 is 11.4. The van der Waals surface area contributed by atoms with Crippen molar-refractivity contribution in [3.8, 4) is 11.8 Å². The van der Waals surface area contributed by atoms with Gasteiger partial charge in [-0.15, -0.1) is 0 Å². The van der Waals surface area contributed by atoms with Crippen LogP contribution in [0.5, 0.6) is 11.8 Å². The van der Waals surface area contributed by atoms with Crippen LogP contribution in [0.4, 0.5) is 0 Å². The van der Waals surface area contributed by atoms with Crippen molar-refractivity contribution < 1.29 is 9.47 Å². The third-order valence-corrected chi connectivity index (χ3v) is 2.43. The Morgan fingerprint density at radius 3 is 2.17 bits per heavy atom. The summed E-state index contributed by atoms with van der Waals surface area (Å²) in [5.41, 5.74) is 0. The summed E-state index contributed by atoms with van der Waals surface area (Å²) in [7, 11) is 0. The molecule has 6 heteroatoms. The fourth-order valence-electron chi connectivity index (χ4n) is 1.24. The highest BCUT2D eigenvalue weighted by molar-refractivity contribution is 6.30. The molecule has 0 spiro atoms. The average Bonchev–Trinajstić information content (AvgIpc) is 2.35. The molecule has 1 aromatic carbocycles.